The van der Waals surface area contributed by atoms with Gasteiger partial charge in [-0.15, -0.1) is 0 Å². The number of nitrogens with zero attached hydrogens (tertiary/aromatic N) is 3. The van der Waals surface area contributed by atoms with Crippen LogP contribution in [0.15, 0.2) is 12.4 Å². The Kier molecular flexibility index (Phi) is 4.50. The van der Waals surface area contributed by atoms with Gasteiger partial charge in [0.15, 0.2) is 0 Å². The molecule has 0 aliphatic heterocycles. The van der Waals surface area contributed by atoms with Crippen LogP contribution in [0.25, 0.3) is 0 Å². The predicted molar refractivity (Wildman–Crippen MR) is 67.0 cm³/mol. The first-order valence-electron chi connectivity index (χ1n) is 5.79. The number of aromatic nitrogens is 2. The third-order valence-electron chi connectivity index (χ3n) is 3.06. The van der Waals surface area contributed by atoms with Crippen molar-refractivity contribution in [3.63, 3.8) is 0 Å². The summed E-state index contributed by atoms with van der Waals surface area (Å²) in [6.07, 6.45) is 4.93. The maximum absolute atomic E-state index is 5.72. The normalized spacial score (nSPS) is 12.4. The summed E-state index contributed by atoms with van der Waals surface area (Å²) in [4.78, 5) is 6.61. The number of imidazole rings is 1. The zero-order valence-corrected chi connectivity index (χ0v) is 10.9. The lowest BCUT2D eigenvalue weighted by molar-refractivity contribution is 0.243. The largest absolute Gasteiger partial charge is 0.337 e. The van der Waals surface area contributed by atoms with E-state index in [-0.39, 0.29) is 5.41 Å². The van der Waals surface area contributed by atoms with E-state index in [1.54, 1.807) is 0 Å². The van der Waals surface area contributed by atoms with Gasteiger partial charge in [0.25, 0.3) is 0 Å². The van der Waals surface area contributed by atoms with Crippen LogP contribution in [0.2, 0.25) is 0 Å². The van der Waals surface area contributed by atoms with Crippen LogP contribution in [-0.2, 0) is 13.6 Å². The molecule has 1 rings (SSSR count). The Labute approximate surface area is 98.5 Å². The first-order valence-corrected chi connectivity index (χ1v) is 5.79. The van der Waals surface area contributed by atoms with Crippen molar-refractivity contribution in [1.29, 1.82) is 0 Å². The van der Waals surface area contributed by atoms with Gasteiger partial charge in [0.1, 0.15) is 5.82 Å². The van der Waals surface area contributed by atoms with E-state index in [2.05, 4.69) is 35.3 Å². The van der Waals surface area contributed by atoms with E-state index < -0.39 is 0 Å². The van der Waals surface area contributed by atoms with Gasteiger partial charge in [-0.1, -0.05) is 13.8 Å². The molecular weight excluding hydrogens is 200 g/mol. The predicted octanol–water partition coefficient (Wildman–Crippen LogP) is 1.23. The quantitative estimate of drug-likeness (QED) is 0.790. The molecule has 92 valence electrons. The zero-order chi connectivity index (χ0) is 12.2. The Balaban J connectivity index is 2.37. The molecular formula is C12H24N4. The van der Waals surface area contributed by atoms with Crippen molar-refractivity contribution in [3.05, 3.63) is 18.2 Å². The number of aryl methyl sites for hydroxylation is 1. The van der Waals surface area contributed by atoms with E-state index in [0.29, 0.717) is 0 Å². The molecule has 1 aromatic rings. The van der Waals surface area contributed by atoms with Gasteiger partial charge in [0, 0.05) is 19.4 Å². The van der Waals surface area contributed by atoms with Crippen molar-refractivity contribution in [2.24, 2.45) is 18.2 Å². The molecule has 0 bridgehead atoms. The Bertz CT molecular complexity index is 317. The van der Waals surface area contributed by atoms with Gasteiger partial charge in [-0.3, -0.25) is 4.90 Å². The molecule has 0 aromatic carbocycles. The molecule has 0 fully saturated rings. The first-order chi connectivity index (χ1) is 7.44. The van der Waals surface area contributed by atoms with Crippen molar-refractivity contribution in [3.8, 4) is 0 Å². The topological polar surface area (TPSA) is 47.1 Å². The van der Waals surface area contributed by atoms with E-state index in [4.69, 9.17) is 5.73 Å². The van der Waals surface area contributed by atoms with Gasteiger partial charge in [-0.05, 0) is 32.0 Å². The second kappa shape index (κ2) is 5.46. The van der Waals surface area contributed by atoms with Gasteiger partial charge >= 0.3 is 0 Å². The van der Waals surface area contributed by atoms with Crippen molar-refractivity contribution in [1.82, 2.24) is 14.5 Å². The van der Waals surface area contributed by atoms with Crippen LogP contribution in [0, 0.1) is 5.41 Å². The number of hydrogen-bond acceptors (Lipinski definition) is 3. The third-order valence-corrected chi connectivity index (χ3v) is 3.06. The minimum absolute atomic E-state index is 0.232. The van der Waals surface area contributed by atoms with Gasteiger partial charge in [0.05, 0.1) is 6.54 Å². The SMILES string of the molecule is CN(CCC(C)(C)CN)Cc1nccn1C. The molecule has 1 aromatic heterocycles. The van der Waals surface area contributed by atoms with Crippen LogP contribution in [-0.4, -0.2) is 34.6 Å². The van der Waals surface area contributed by atoms with Crippen LogP contribution < -0.4 is 5.73 Å². The molecule has 2 N–H and O–H groups in total. The Morgan fingerprint density at radius 2 is 2.19 bits per heavy atom. The van der Waals surface area contributed by atoms with E-state index in [1.807, 2.05) is 19.4 Å². The fourth-order valence-corrected chi connectivity index (χ4v) is 1.46. The maximum Gasteiger partial charge on any atom is 0.122 e. The fraction of sp³-hybridized carbons (Fsp3) is 0.750. The van der Waals surface area contributed by atoms with Crippen molar-refractivity contribution >= 4 is 0 Å². The molecule has 16 heavy (non-hydrogen) atoms. The average Bonchev–Trinajstić information content (AvgIpc) is 2.62. The molecule has 0 spiro atoms. The lowest BCUT2D eigenvalue weighted by Crippen LogP contribution is -2.30. The smallest absolute Gasteiger partial charge is 0.122 e. The van der Waals surface area contributed by atoms with E-state index in [1.165, 1.54) is 0 Å². The molecule has 4 nitrogen and oxygen atoms in total. The minimum atomic E-state index is 0.232. The maximum atomic E-state index is 5.72. The molecule has 4 heteroatoms. The summed E-state index contributed by atoms with van der Waals surface area (Å²) in [7, 11) is 4.15. The number of nitrogens with two attached hydrogens (primary N) is 1. The monoisotopic (exact) mass is 224 g/mol. The van der Waals surface area contributed by atoms with Gasteiger partial charge < -0.3 is 10.3 Å². The highest BCUT2D eigenvalue weighted by atomic mass is 15.1. The molecule has 0 unspecified atom stereocenters. The van der Waals surface area contributed by atoms with Crippen LogP contribution in [0.3, 0.4) is 0 Å². The van der Waals surface area contributed by atoms with Crippen LogP contribution >= 0.6 is 0 Å². The van der Waals surface area contributed by atoms with E-state index >= 15 is 0 Å². The Hall–Kier alpha value is -0.870. The molecule has 0 radical (unpaired) electrons. The summed E-state index contributed by atoms with van der Waals surface area (Å²) in [5.74, 6) is 1.10. The van der Waals surface area contributed by atoms with Gasteiger partial charge in [-0.2, -0.15) is 0 Å². The molecule has 0 atom stereocenters. The third kappa shape index (κ3) is 3.94. The second-order valence-corrected chi connectivity index (χ2v) is 5.31. The second-order valence-electron chi connectivity index (χ2n) is 5.31. The van der Waals surface area contributed by atoms with Gasteiger partial charge in [-0.25, -0.2) is 4.98 Å². The molecule has 0 saturated carbocycles. The molecule has 0 amide bonds. The highest BCUT2D eigenvalue weighted by Gasteiger charge is 2.16. The lowest BCUT2D eigenvalue weighted by Gasteiger charge is -2.25. The Morgan fingerprint density at radius 3 is 2.69 bits per heavy atom. The fourth-order valence-electron chi connectivity index (χ4n) is 1.46. The molecule has 0 aliphatic carbocycles. The van der Waals surface area contributed by atoms with Crippen LogP contribution in [0.5, 0.6) is 0 Å². The molecule has 0 aliphatic rings. The summed E-state index contributed by atoms with van der Waals surface area (Å²) < 4.78 is 2.06. The highest BCUT2D eigenvalue weighted by Crippen LogP contribution is 2.18. The van der Waals surface area contributed by atoms with E-state index in [9.17, 15) is 0 Å². The standard InChI is InChI=1S/C12H24N4/c1-12(2,10-13)5-7-15(3)9-11-14-6-8-16(11)4/h6,8H,5,7,9-10,13H2,1-4H3. The highest BCUT2D eigenvalue weighted by molar-refractivity contribution is 4.90. The molecule has 1 heterocycles. The van der Waals surface area contributed by atoms with E-state index in [0.717, 1.165) is 31.9 Å². The van der Waals surface area contributed by atoms with Gasteiger partial charge in [0.2, 0.25) is 0 Å². The number of hydrogen-bond donors (Lipinski definition) is 1. The van der Waals surface area contributed by atoms with Crippen LogP contribution in [0.1, 0.15) is 26.1 Å². The summed E-state index contributed by atoms with van der Waals surface area (Å²) in [5.41, 5.74) is 5.95. The minimum Gasteiger partial charge on any atom is -0.337 e. The zero-order valence-electron chi connectivity index (χ0n) is 10.9. The summed E-state index contributed by atoms with van der Waals surface area (Å²) in [6.45, 7) is 7.10. The Morgan fingerprint density at radius 1 is 1.50 bits per heavy atom. The van der Waals surface area contributed by atoms with Crippen molar-refractivity contribution in [2.75, 3.05) is 20.1 Å². The number of rotatable bonds is 6. The van der Waals surface area contributed by atoms with Crippen molar-refractivity contribution < 1.29 is 0 Å². The van der Waals surface area contributed by atoms with Crippen molar-refractivity contribution in [2.45, 2.75) is 26.8 Å². The first kappa shape index (κ1) is 13.2. The average molecular weight is 224 g/mol. The summed E-state index contributed by atoms with van der Waals surface area (Å²) in [5, 5.41) is 0. The summed E-state index contributed by atoms with van der Waals surface area (Å²) >= 11 is 0. The molecule has 0 saturated heterocycles. The van der Waals surface area contributed by atoms with Crippen LogP contribution in [0.4, 0.5) is 0 Å². The summed E-state index contributed by atoms with van der Waals surface area (Å²) in [6, 6.07) is 0. The lowest BCUT2D eigenvalue weighted by atomic mass is 9.89.